The molecule has 0 fully saturated rings. The molecule has 0 radical (unpaired) electrons. The van der Waals surface area contributed by atoms with Gasteiger partial charge in [0.25, 0.3) is 6.02 Å². The van der Waals surface area contributed by atoms with Crippen LogP contribution in [0.1, 0.15) is 29.2 Å². The quantitative estimate of drug-likeness (QED) is 0.772. The molecule has 1 atom stereocenters. The highest BCUT2D eigenvalue weighted by Gasteiger charge is 2.40. The third-order valence-electron chi connectivity index (χ3n) is 4.51. The van der Waals surface area contributed by atoms with Crippen LogP contribution in [0.3, 0.4) is 0 Å². The summed E-state index contributed by atoms with van der Waals surface area (Å²) in [4.78, 5) is 4.69. The Balaban J connectivity index is 2.12. The Morgan fingerprint density at radius 3 is 2.65 bits per heavy atom. The molecule has 26 heavy (non-hydrogen) atoms. The van der Waals surface area contributed by atoms with E-state index >= 15 is 0 Å². The molecule has 0 aromatic heterocycles. The monoisotopic (exact) mass is 418 g/mol. The highest BCUT2D eigenvalue weighted by atomic mass is 79.9. The molecule has 0 aliphatic carbocycles. The van der Waals surface area contributed by atoms with Crippen molar-refractivity contribution in [3.63, 3.8) is 0 Å². The SMILES string of the molecule is CCOCc1cc(Br)cc([C@@]2(c3ccc(OC)c(C)c3)COC(N)=N2)c1. The highest BCUT2D eigenvalue weighted by molar-refractivity contribution is 9.10. The van der Waals surface area contributed by atoms with Gasteiger partial charge in [0.2, 0.25) is 0 Å². The first kappa shape index (κ1) is 18.7. The highest BCUT2D eigenvalue weighted by Crippen LogP contribution is 2.40. The number of benzene rings is 2. The summed E-state index contributed by atoms with van der Waals surface area (Å²) in [6, 6.07) is 12.5. The van der Waals surface area contributed by atoms with E-state index in [1.165, 1.54) is 0 Å². The molecule has 0 saturated heterocycles. The zero-order chi connectivity index (χ0) is 18.7. The van der Waals surface area contributed by atoms with Crippen molar-refractivity contribution < 1.29 is 14.2 Å². The molecule has 2 N–H and O–H groups in total. The van der Waals surface area contributed by atoms with Gasteiger partial charge in [-0.05, 0) is 60.4 Å². The van der Waals surface area contributed by atoms with Crippen molar-refractivity contribution in [1.82, 2.24) is 0 Å². The van der Waals surface area contributed by atoms with Crippen molar-refractivity contribution in [2.45, 2.75) is 26.0 Å². The van der Waals surface area contributed by atoms with Gasteiger partial charge in [0.15, 0.2) is 5.54 Å². The number of ether oxygens (including phenoxy) is 3. The predicted molar refractivity (Wildman–Crippen MR) is 106 cm³/mol. The van der Waals surface area contributed by atoms with Crippen LogP contribution in [0.4, 0.5) is 0 Å². The number of amidine groups is 1. The lowest BCUT2D eigenvalue weighted by Crippen LogP contribution is -2.27. The molecule has 6 heteroatoms. The van der Waals surface area contributed by atoms with Gasteiger partial charge in [-0.15, -0.1) is 0 Å². The summed E-state index contributed by atoms with van der Waals surface area (Å²) in [5, 5.41) is 0. The van der Waals surface area contributed by atoms with Gasteiger partial charge in [0.1, 0.15) is 12.4 Å². The Kier molecular flexibility index (Phi) is 5.53. The standard InChI is InChI=1S/C20H23BrN2O3/c1-4-25-11-14-8-16(10-17(21)9-14)20(12-26-19(22)23-20)15-5-6-18(24-3)13(2)7-15/h5-10H,4,11-12H2,1-3H3,(H2,22,23)/t20-/m0/s1. The number of aliphatic imine (C=N–C) groups is 1. The maximum absolute atomic E-state index is 5.90. The van der Waals surface area contributed by atoms with E-state index in [9.17, 15) is 0 Å². The van der Waals surface area contributed by atoms with Crippen molar-refractivity contribution in [3.05, 3.63) is 63.1 Å². The van der Waals surface area contributed by atoms with Gasteiger partial charge in [-0.1, -0.05) is 28.1 Å². The Hall–Kier alpha value is -2.05. The molecule has 0 saturated carbocycles. The van der Waals surface area contributed by atoms with Crippen LogP contribution in [0.15, 0.2) is 45.9 Å². The number of hydrogen-bond donors (Lipinski definition) is 1. The molecule has 2 aromatic carbocycles. The molecule has 5 nitrogen and oxygen atoms in total. The van der Waals surface area contributed by atoms with Gasteiger partial charge >= 0.3 is 0 Å². The molecule has 0 spiro atoms. The molecule has 1 aliphatic rings. The van der Waals surface area contributed by atoms with Gasteiger partial charge in [-0.25, -0.2) is 4.99 Å². The number of nitrogens with zero attached hydrogens (tertiary/aromatic N) is 1. The minimum absolute atomic E-state index is 0.199. The van der Waals surface area contributed by atoms with E-state index in [4.69, 9.17) is 19.9 Å². The van der Waals surface area contributed by atoms with E-state index in [1.54, 1.807) is 7.11 Å². The Labute approximate surface area is 162 Å². The third kappa shape index (κ3) is 3.57. The van der Waals surface area contributed by atoms with E-state index in [2.05, 4.69) is 45.2 Å². The van der Waals surface area contributed by atoms with Crippen LogP contribution < -0.4 is 10.5 Å². The van der Waals surface area contributed by atoms with Crippen LogP contribution >= 0.6 is 15.9 Å². The molecule has 138 valence electrons. The van der Waals surface area contributed by atoms with E-state index in [1.807, 2.05) is 26.0 Å². The summed E-state index contributed by atoms with van der Waals surface area (Å²) in [7, 11) is 1.67. The summed E-state index contributed by atoms with van der Waals surface area (Å²) < 4.78 is 17.5. The Bertz CT molecular complexity index is 838. The maximum atomic E-state index is 5.90. The van der Waals surface area contributed by atoms with E-state index in [0.29, 0.717) is 19.8 Å². The smallest absolute Gasteiger partial charge is 0.283 e. The second kappa shape index (κ2) is 7.68. The lowest BCUT2D eigenvalue weighted by atomic mass is 9.83. The van der Waals surface area contributed by atoms with E-state index < -0.39 is 5.54 Å². The van der Waals surface area contributed by atoms with Crippen molar-refractivity contribution in [2.75, 3.05) is 20.3 Å². The minimum atomic E-state index is -0.689. The number of rotatable bonds is 6. The van der Waals surface area contributed by atoms with Crippen LogP contribution in [0, 0.1) is 6.92 Å². The number of methoxy groups -OCH3 is 1. The first-order valence-corrected chi connectivity index (χ1v) is 9.28. The van der Waals surface area contributed by atoms with Crippen molar-refractivity contribution in [3.8, 4) is 5.75 Å². The second-order valence-corrected chi connectivity index (χ2v) is 7.18. The number of nitrogens with two attached hydrogens (primary N) is 1. The molecule has 1 aliphatic heterocycles. The summed E-state index contributed by atoms with van der Waals surface area (Å²) in [6.45, 7) is 5.56. The molecular weight excluding hydrogens is 396 g/mol. The van der Waals surface area contributed by atoms with Gasteiger partial charge in [-0.2, -0.15) is 0 Å². The lowest BCUT2D eigenvalue weighted by Gasteiger charge is -2.27. The van der Waals surface area contributed by atoms with Crippen LogP contribution in [-0.4, -0.2) is 26.3 Å². The summed E-state index contributed by atoms with van der Waals surface area (Å²) >= 11 is 3.61. The number of hydrogen-bond acceptors (Lipinski definition) is 5. The number of aryl methyl sites for hydroxylation is 1. The molecular formula is C20H23BrN2O3. The van der Waals surface area contributed by atoms with Gasteiger partial charge in [-0.3, -0.25) is 0 Å². The lowest BCUT2D eigenvalue weighted by molar-refractivity contribution is 0.134. The molecule has 3 rings (SSSR count). The first-order valence-electron chi connectivity index (χ1n) is 8.49. The molecule has 2 aromatic rings. The molecule has 0 unspecified atom stereocenters. The topological polar surface area (TPSA) is 66.1 Å². The number of halogens is 1. The van der Waals surface area contributed by atoms with Gasteiger partial charge in [0, 0.05) is 11.1 Å². The second-order valence-electron chi connectivity index (χ2n) is 6.27. The van der Waals surface area contributed by atoms with Crippen LogP contribution in [0.2, 0.25) is 0 Å². The maximum Gasteiger partial charge on any atom is 0.283 e. The molecule has 0 amide bonds. The Morgan fingerprint density at radius 1 is 1.23 bits per heavy atom. The summed E-state index contributed by atoms with van der Waals surface area (Å²) in [5.74, 6) is 0.839. The van der Waals surface area contributed by atoms with Crippen molar-refractivity contribution >= 4 is 22.0 Å². The normalized spacial score (nSPS) is 19.2. The Morgan fingerprint density at radius 2 is 2.04 bits per heavy atom. The summed E-state index contributed by atoms with van der Waals surface area (Å²) in [6.07, 6.45) is 0. The van der Waals surface area contributed by atoms with E-state index in [-0.39, 0.29) is 6.02 Å². The molecule has 0 bridgehead atoms. The minimum Gasteiger partial charge on any atom is -0.496 e. The van der Waals surface area contributed by atoms with Crippen LogP contribution in [-0.2, 0) is 21.6 Å². The van der Waals surface area contributed by atoms with E-state index in [0.717, 1.165) is 32.5 Å². The fourth-order valence-corrected chi connectivity index (χ4v) is 3.76. The first-order chi connectivity index (χ1) is 12.5. The summed E-state index contributed by atoms with van der Waals surface area (Å²) in [5.41, 5.74) is 9.34. The fraction of sp³-hybridized carbons (Fsp3) is 0.350. The van der Waals surface area contributed by atoms with Crippen molar-refractivity contribution in [2.24, 2.45) is 10.7 Å². The van der Waals surface area contributed by atoms with Crippen LogP contribution in [0.5, 0.6) is 5.75 Å². The van der Waals surface area contributed by atoms with Gasteiger partial charge < -0.3 is 19.9 Å². The average molecular weight is 419 g/mol. The van der Waals surface area contributed by atoms with Crippen molar-refractivity contribution in [1.29, 1.82) is 0 Å². The third-order valence-corrected chi connectivity index (χ3v) is 4.97. The largest absolute Gasteiger partial charge is 0.496 e. The zero-order valence-corrected chi connectivity index (χ0v) is 16.8. The average Bonchev–Trinajstić information content (AvgIpc) is 3.02. The molecule has 1 heterocycles. The zero-order valence-electron chi connectivity index (χ0n) is 15.2. The predicted octanol–water partition coefficient (Wildman–Crippen LogP) is 3.89. The van der Waals surface area contributed by atoms with Crippen LogP contribution in [0.25, 0.3) is 0 Å². The fourth-order valence-electron chi connectivity index (χ4n) is 3.22. The van der Waals surface area contributed by atoms with Gasteiger partial charge in [0.05, 0.1) is 13.7 Å².